The van der Waals surface area contributed by atoms with Gasteiger partial charge in [0, 0.05) is 5.69 Å². The summed E-state index contributed by atoms with van der Waals surface area (Å²) in [5.74, 6) is 0.117. The van der Waals surface area contributed by atoms with Crippen molar-refractivity contribution in [2.24, 2.45) is 0 Å². The molecule has 0 spiro atoms. The summed E-state index contributed by atoms with van der Waals surface area (Å²) < 4.78 is 0. The highest BCUT2D eigenvalue weighted by molar-refractivity contribution is 5.97. The second-order valence-corrected chi connectivity index (χ2v) is 4.33. The van der Waals surface area contributed by atoms with Crippen LogP contribution in [0, 0.1) is 6.92 Å². The summed E-state index contributed by atoms with van der Waals surface area (Å²) in [4.78, 5) is 11.8. The Morgan fingerprint density at radius 1 is 1.38 bits per heavy atom. The Balaban J connectivity index is 2.82. The van der Waals surface area contributed by atoms with Gasteiger partial charge in [-0.05, 0) is 51.6 Å². The SMILES string of the molecule is CNC(C)(C)C(=O)Nc1ccc(O)c(C)c1. The van der Waals surface area contributed by atoms with E-state index < -0.39 is 5.54 Å². The zero-order chi connectivity index (χ0) is 12.3. The monoisotopic (exact) mass is 222 g/mol. The lowest BCUT2D eigenvalue weighted by Gasteiger charge is -2.22. The van der Waals surface area contributed by atoms with E-state index in [-0.39, 0.29) is 11.7 Å². The van der Waals surface area contributed by atoms with E-state index in [4.69, 9.17) is 0 Å². The molecule has 0 heterocycles. The Hall–Kier alpha value is -1.55. The van der Waals surface area contributed by atoms with Gasteiger partial charge in [-0.1, -0.05) is 0 Å². The summed E-state index contributed by atoms with van der Waals surface area (Å²) in [6.07, 6.45) is 0. The van der Waals surface area contributed by atoms with E-state index in [2.05, 4.69) is 10.6 Å². The lowest BCUT2D eigenvalue weighted by atomic mass is 10.0. The number of carbonyl (C=O) groups excluding carboxylic acids is 1. The topological polar surface area (TPSA) is 61.4 Å². The van der Waals surface area contributed by atoms with Crippen molar-refractivity contribution in [1.29, 1.82) is 0 Å². The number of aryl methyl sites for hydroxylation is 1. The van der Waals surface area contributed by atoms with Crippen molar-refractivity contribution in [3.8, 4) is 5.75 Å². The molecule has 0 saturated heterocycles. The van der Waals surface area contributed by atoms with Gasteiger partial charge in [0.05, 0.1) is 5.54 Å². The molecular formula is C12H18N2O2. The molecule has 0 fully saturated rings. The molecule has 3 N–H and O–H groups in total. The van der Waals surface area contributed by atoms with Gasteiger partial charge in [-0.3, -0.25) is 4.79 Å². The number of benzene rings is 1. The molecule has 0 bridgehead atoms. The molecule has 0 radical (unpaired) electrons. The predicted molar refractivity (Wildman–Crippen MR) is 64.6 cm³/mol. The van der Waals surface area contributed by atoms with E-state index in [9.17, 15) is 9.90 Å². The minimum atomic E-state index is -0.619. The molecule has 1 aromatic rings. The van der Waals surface area contributed by atoms with Crippen LogP contribution in [0.2, 0.25) is 0 Å². The quantitative estimate of drug-likeness (QED) is 0.681. The van der Waals surface area contributed by atoms with Gasteiger partial charge in [-0.2, -0.15) is 0 Å². The highest BCUT2D eigenvalue weighted by Crippen LogP contribution is 2.20. The van der Waals surface area contributed by atoms with Crippen molar-refractivity contribution in [3.63, 3.8) is 0 Å². The fraction of sp³-hybridized carbons (Fsp3) is 0.417. The van der Waals surface area contributed by atoms with Crippen molar-refractivity contribution in [2.45, 2.75) is 26.3 Å². The smallest absolute Gasteiger partial charge is 0.244 e. The fourth-order valence-corrected chi connectivity index (χ4v) is 1.13. The number of amides is 1. The Kier molecular flexibility index (Phi) is 3.55. The average molecular weight is 222 g/mol. The van der Waals surface area contributed by atoms with Crippen LogP contribution in [0.3, 0.4) is 0 Å². The first-order valence-corrected chi connectivity index (χ1v) is 5.17. The third-order valence-electron chi connectivity index (χ3n) is 2.65. The Morgan fingerprint density at radius 2 is 2.00 bits per heavy atom. The summed E-state index contributed by atoms with van der Waals surface area (Å²) in [5, 5.41) is 15.1. The largest absolute Gasteiger partial charge is 0.508 e. The van der Waals surface area contributed by atoms with Gasteiger partial charge in [-0.15, -0.1) is 0 Å². The van der Waals surface area contributed by atoms with Crippen LogP contribution in [-0.2, 0) is 4.79 Å². The van der Waals surface area contributed by atoms with Crippen molar-refractivity contribution in [3.05, 3.63) is 23.8 Å². The molecule has 1 rings (SSSR count). The molecule has 1 amide bonds. The molecule has 0 saturated carbocycles. The van der Waals surface area contributed by atoms with E-state index in [1.54, 1.807) is 46.0 Å². The first-order chi connectivity index (χ1) is 7.36. The Bertz CT molecular complexity index is 400. The van der Waals surface area contributed by atoms with Gasteiger partial charge in [0.2, 0.25) is 5.91 Å². The molecule has 0 aliphatic rings. The van der Waals surface area contributed by atoms with Gasteiger partial charge in [0.25, 0.3) is 0 Å². The molecule has 16 heavy (non-hydrogen) atoms. The number of rotatable bonds is 3. The molecule has 0 atom stereocenters. The lowest BCUT2D eigenvalue weighted by Crippen LogP contribution is -2.47. The fourth-order valence-electron chi connectivity index (χ4n) is 1.13. The van der Waals surface area contributed by atoms with Crippen LogP contribution in [0.1, 0.15) is 19.4 Å². The normalized spacial score (nSPS) is 11.2. The number of carbonyl (C=O) groups is 1. The van der Waals surface area contributed by atoms with E-state index in [1.807, 2.05) is 0 Å². The van der Waals surface area contributed by atoms with Gasteiger partial charge < -0.3 is 15.7 Å². The Morgan fingerprint density at radius 3 is 2.50 bits per heavy atom. The van der Waals surface area contributed by atoms with E-state index in [0.717, 1.165) is 5.56 Å². The van der Waals surface area contributed by atoms with E-state index in [1.165, 1.54) is 0 Å². The summed E-state index contributed by atoms with van der Waals surface area (Å²) in [5.41, 5.74) is 0.801. The standard InChI is InChI=1S/C12H18N2O2/c1-8-7-9(5-6-10(8)15)14-11(16)12(2,3)13-4/h5-7,13,15H,1-4H3,(H,14,16). The summed E-state index contributed by atoms with van der Waals surface area (Å²) >= 11 is 0. The molecule has 0 unspecified atom stereocenters. The number of hydrogen-bond donors (Lipinski definition) is 3. The second kappa shape index (κ2) is 4.53. The van der Waals surface area contributed by atoms with Crippen LogP contribution in [0.5, 0.6) is 5.75 Å². The van der Waals surface area contributed by atoms with Gasteiger partial charge >= 0.3 is 0 Å². The molecule has 0 aromatic heterocycles. The summed E-state index contributed by atoms with van der Waals surface area (Å²) in [6, 6.07) is 4.97. The summed E-state index contributed by atoms with van der Waals surface area (Å²) in [7, 11) is 1.74. The number of anilines is 1. The minimum Gasteiger partial charge on any atom is -0.508 e. The van der Waals surface area contributed by atoms with Crippen LogP contribution in [0.25, 0.3) is 0 Å². The molecule has 1 aromatic carbocycles. The van der Waals surface area contributed by atoms with Crippen LogP contribution in [-0.4, -0.2) is 23.6 Å². The van der Waals surface area contributed by atoms with Gasteiger partial charge in [0.1, 0.15) is 5.75 Å². The van der Waals surface area contributed by atoms with Gasteiger partial charge in [-0.25, -0.2) is 0 Å². The lowest BCUT2D eigenvalue weighted by molar-refractivity contribution is -0.121. The first-order valence-electron chi connectivity index (χ1n) is 5.17. The molecular weight excluding hydrogens is 204 g/mol. The average Bonchev–Trinajstić information content (AvgIpc) is 2.23. The van der Waals surface area contributed by atoms with Crippen molar-refractivity contribution in [2.75, 3.05) is 12.4 Å². The second-order valence-electron chi connectivity index (χ2n) is 4.33. The third kappa shape index (κ3) is 2.73. The molecule has 0 aliphatic heterocycles. The minimum absolute atomic E-state index is 0.111. The molecule has 4 nitrogen and oxygen atoms in total. The van der Waals surface area contributed by atoms with Crippen LogP contribution in [0.4, 0.5) is 5.69 Å². The first kappa shape index (κ1) is 12.5. The number of aromatic hydroxyl groups is 1. The number of nitrogens with one attached hydrogen (secondary N) is 2. The molecule has 4 heteroatoms. The van der Waals surface area contributed by atoms with Crippen LogP contribution >= 0.6 is 0 Å². The Labute approximate surface area is 95.7 Å². The zero-order valence-electron chi connectivity index (χ0n) is 10.1. The highest BCUT2D eigenvalue weighted by Gasteiger charge is 2.25. The van der Waals surface area contributed by atoms with Crippen molar-refractivity contribution >= 4 is 11.6 Å². The zero-order valence-corrected chi connectivity index (χ0v) is 10.1. The maximum Gasteiger partial charge on any atom is 0.244 e. The van der Waals surface area contributed by atoms with Crippen molar-refractivity contribution in [1.82, 2.24) is 5.32 Å². The summed E-state index contributed by atoms with van der Waals surface area (Å²) in [6.45, 7) is 5.39. The van der Waals surface area contributed by atoms with Gasteiger partial charge in [0.15, 0.2) is 0 Å². The van der Waals surface area contributed by atoms with Crippen LogP contribution in [0.15, 0.2) is 18.2 Å². The van der Waals surface area contributed by atoms with Crippen molar-refractivity contribution < 1.29 is 9.90 Å². The van der Waals surface area contributed by atoms with E-state index in [0.29, 0.717) is 5.69 Å². The van der Waals surface area contributed by atoms with E-state index >= 15 is 0 Å². The number of phenols is 1. The van der Waals surface area contributed by atoms with Crippen LogP contribution < -0.4 is 10.6 Å². The number of hydrogen-bond acceptors (Lipinski definition) is 3. The highest BCUT2D eigenvalue weighted by atomic mass is 16.3. The molecule has 0 aliphatic carbocycles. The maximum absolute atomic E-state index is 11.8. The molecule has 88 valence electrons. The maximum atomic E-state index is 11.8. The number of likely N-dealkylation sites (N-methyl/N-ethyl adjacent to an activating group) is 1. The number of phenolic OH excluding ortho intramolecular Hbond substituents is 1. The third-order valence-corrected chi connectivity index (χ3v) is 2.65. The predicted octanol–water partition coefficient (Wildman–Crippen LogP) is 1.64.